The normalized spacial score (nSPS) is 15.1. The molecule has 41 heavy (non-hydrogen) atoms. The largest absolute Gasteiger partial charge is 0.379 e. The Kier molecular flexibility index (Phi) is 11.8. The maximum atomic E-state index is 12.5. The third kappa shape index (κ3) is 9.40. The molecule has 0 radical (unpaired) electrons. The Morgan fingerprint density at radius 3 is 1.78 bits per heavy atom. The van der Waals surface area contributed by atoms with E-state index in [0.717, 1.165) is 44.7 Å². The highest BCUT2D eigenvalue weighted by Crippen LogP contribution is 2.38. The first-order valence-corrected chi connectivity index (χ1v) is 15.2. The lowest BCUT2D eigenvalue weighted by molar-refractivity contribution is 0.0858. The molecule has 0 aliphatic carbocycles. The molecule has 2 aliphatic rings. The Labute approximate surface area is 250 Å². The minimum atomic E-state index is -0.186. The van der Waals surface area contributed by atoms with Crippen molar-refractivity contribution >= 4 is 17.5 Å². The van der Waals surface area contributed by atoms with Crippen molar-refractivity contribution in [1.29, 1.82) is 0 Å². The van der Waals surface area contributed by atoms with Gasteiger partial charge in [-0.15, -0.1) is 0 Å². The number of carbonyl (C=O) groups is 1. The molecule has 1 unspecified atom stereocenters. The monoisotopic (exact) mass is 566 g/mol. The predicted octanol–water partition coefficient (Wildman–Crippen LogP) is 7.17. The highest BCUT2D eigenvalue weighted by molar-refractivity contribution is 7.99. The van der Waals surface area contributed by atoms with Gasteiger partial charge in [0, 0.05) is 40.4 Å². The van der Waals surface area contributed by atoms with E-state index < -0.39 is 0 Å². The summed E-state index contributed by atoms with van der Waals surface area (Å²) in [7, 11) is 4.09. The van der Waals surface area contributed by atoms with E-state index in [1.807, 2.05) is 74.4 Å². The second-order valence-corrected chi connectivity index (χ2v) is 12.0. The molecular weight excluding hydrogens is 524 g/mol. The topological polar surface area (TPSA) is 41.6 Å². The molecule has 1 N–H and O–H groups in total. The Bertz CT molecular complexity index is 1260. The van der Waals surface area contributed by atoms with Crippen LogP contribution in [-0.2, 0) is 17.6 Å². The number of nitrogens with one attached hydrogen (secondary N) is 1. The van der Waals surface area contributed by atoms with Crippen LogP contribution in [0.3, 0.4) is 0 Å². The highest BCUT2D eigenvalue weighted by atomic mass is 32.2. The number of carbonyl (C=O) groups excluding carboxylic acids is 1. The molecule has 2 heterocycles. The molecule has 0 aromatic heterocycles. The minimum Gasteiger partial charge on any atom is -0.379 e. The number of benzene rings is 4. The van der Waals surface area contributed by atoms with Crippen molar-refractivity contribution in [2.24, 2.45) is 0 Å². The van der Waals surface area contributed by atoms with E-state index in [1.54, 1.807) is 0 Å². The summed E-state index contributed by atoms with van der Waals surface area (Å²) in [5.74, 6) is 0.197. The highest BCUT2D eigenvalue weighted by Gasteiger charge is 2.30. The third-order valence-corrected chi connectivity index (χ3v) is 8.77. The molecule has 1 atom stereocenters. The molecule has 1 saturated heterocycles. The van der Waals surface area contributed by atoms with Crippen molar-refractivity contribution in [3.8, 4) is 0 Å². The van der Waals surface area contributed by atoms with Crippen molar-refractivity contribution < 1.29 is 9.53 Å². The van der Waals surface area contributed by atoms with Crippen LogP contribution in [0, 0.1) is 0 Å². The van der Waals surface area contributed by atoms with Crippen molar-refractivity contribution in [3.05, 3.63) is 131 Å². The number of Topliss-reactive ketones (excluding diaryl/α,β-unsaturated/α-hetero) is 1. The van der Waals surface area contributed by atoms with E-state index in [0.29, 0.717) is 6.42 Å². The van der Waals surface area contributed by atoms with E-state index in [9.17, 15) is 4.79 Å². The number of ether oxygens (including phenoxy) is 1. The summed E-state index contributed by atoms with van der Waals surface area (Å²) in [5, 5.41) is 3.16. The number of fused-ring (bicyclic) bond motifs is 2. The van der Waals surface area contributed by atoms with Gasteiger partial charge in [0.2, 0.25) is 0 Å². The Morgan fingerprint density at radius 2 is 1.29 bits per heavy atom. The van der Waals surface area contributed by atoms with E-state index in [-0.39, 0.29) is 11.3 Å². The standard InChI is InChI=1S/C19H23NO.C13H10S.C4H9NO/c1-19(20(2)3,14-16-10-6-4-7-11-16)15-18(21)17-12-8-5-9-13-17;1-3-7-12-10(5-1)9-11-6-2-4-8-13(11)14-12;1-3-6-4-2-5-1/h4-13H,14-15H2,1-3H3;1-8H,9H2;5H,1-4H2. The second-order valence-electron chi connectivity index (χ2n) is 10.9. The molecule has 1 fully saturated rings. The van der Waals surface area contributed by atoms with E-state index >= 15 is 0 Å². The van der Waals surface area contributed by atoms with Crippen LogP contribution in [0.1, 0.15) is 40.4 Å². The SMILES string of the molecule is C1COCCN1.CN(C)C(C)(CC(=O)c1ccccc1)Cc1ccccc1.c1ccc2c(c1)Cc1ccccc1S2. The minimum absolute atomic E-state index is 0.186. The molecular formula is C36H42N2O2S. The Balaban J connectivity index is 0.000000164. The van der Waals surface area contributed by atoms with Crippen molar-refractivity contribution in [2.75, 3.05) is 40.4 Å². The molecule has 4 aromatic rings. The fourth-order valence-corrected chi connectivity index (χ4v) is 5.90. The maximum Gasteiger partial charge on any atom is 0.164 e. The van der Waals surface area contributed by atoms with Gasteiger partial charge < -0.3 is 15.0 Å². The number of ketones is 1. The van der Waals surface area contributed by atoms with Gasteiger partial charge in [0.25, 0.3) is 0 Å². The molecule has 0 amide bonds. The average molecular weight is 567 g/mol. The zero-order valence-corrected chi connectivity index (χ0v) is 25.3. The van der Waals surface area contributed by atoms with Crippen molar-refractivity contribution in [2.45, 2.75) is 41.5 Å². The van der Waals surface area contributed by atoms with Crippen molar-refractivity contribution in [1.82, 2.24) is 10.2 Å². The summed E-state index contributed by atoms with van der Waals surface area (Å²) < 4.78 is 5.01. The molecule has 6 rings (SSSR count). The first-order valence-electron chi connectivity index (χ1n) is 14.4. The summed E-state index contributed by atoms with van der Waals surface area (Å²) in [6.07, 6.45) is 2.46. The van der Waals surface area contributed by atoms with Gasteiger partial charge in [0.05, 0.1) is 13.2 Å². The molecule has 5 heteroatoms. The van der Waals surface area contributed by atoms with Crippen LogP contribution in [0.5, 0.6) is 0 Å². The summed E-state index contributed by atoms with van der Waals surface area (Å²) in [6, 6.07) is 37.2. The molecule has 214 valence electrons. The van der Waals surface area contributed by atoms with E-state index in [4.69, 9.17) is 4.74 Å². The molecule has 4 nitrogen and oxygen atoms in total. The van der Waals surface area contributed by atoms with Crippen LogP contribution < -0.4 is 5.32 Å². The summed E-state index contributed by atoms with van der Waals surface area (Å²) >= 11 is 1.88. The number of likely N-dealkylation sites (N-methyl/N-ethyl adjacent to an activating group) is 1. The number of hydrogen-bond acceptors (Lipinski definition) is 5. The lowest BCUT2D eigenvalue weighted by Crippen LogP contribution is -2.45. The van der Waals surface area contributed by atoms with Gasteiger partial charge in [0.15, 0.2) is 5.78 Å². The van der Waals surface area contributed by atoms with Crippen LogP contribution in [0.4, 0.5) is 0 Å². The predicted molar refractivity (Wildman–Crippen MR) is 171 cm³/mol. The molecule has 4 aromatic carbocycles. The van der Waals surface area contributed by atoms with Gasteiger partial charge in [-0.25, -0.2) is 0 Å². The lowest BCUT2D eigenvalue weighted by Gasteiger charge is -2.36. The Hall–Kier alpha value is -3.22. The summed E-state index contributed by atoms with van der Waals surface area (Å²) in [5.41, 5.74) is 4.77. The van der Waals surface area contributed by atoms with Crippen LogP contribution in [0.25, 0.3) is 0 Å². The smallest absolute Gasteiger partial charge is 0.164 e. The van der Waals surface area contributed by atoms with E-state index in [1.165, 1.54) is 26.5 Å². The average Bonchev–Trinajstić information content (AvgIpc) is 3.02. The molecule has 2 aliphatic heterocycles. The maximum absolute atomic E-state index is 12.5. The summed E-state index contributed by atoms with van der Waals surface area (Å²) in [6.45, 7) is 5.99. The quantitative estimate of drug-likeness (QED) is 0.221. The van der Waals surface area contributed by atoms with Gasteiger partial charge in [-0.3, -0.25) is 4.79 Å². The van der Waals surface area contributed by atoms with Crippen LogP contribution >= 0.6 is 11.8 Å². The fraction of sp³-hybridized carbons (Fsp3) is 0.306. The Morgan fingerprint density at radius 1 is 0.780 bits per heavy atom. The van der Waals surface area contributed by atoms with Crippen LogP contribution in [0.2, 0.25) is 0 Å². The lowest BCUT2D eigenvalue weighted by atomic mass is 9.85. The first kappa shape index (κ1) is 30.7. The molecule has 0 spiro atoms. The number of hydrogen-bond donors (Lipinski definition) is 1. The van der Waals surface area contributed by atoms with Gasteiger partial charge in [-0.2, -0.15) is 0 Å². The number of nitrogens with zero attached hydrogens (tertiary/aromatic N) is 1. The van der Waals surface area contributed by atoms with Gasteiger partial charge >= 0.3 is 0 Å². The molecule has 0 saturated carbocycles. The van der Waals surface area contributed by atoms with Crippen LogP contribution in [0.15, 0.2) is 119 Å². The number of rotatable bonds is 6. The first-order chi connectivity index (χ1) is 19.9. The second kappa shape index (κ2) is 15.7. The van der Waals surface area contributed by atoms with Gasteiger partial charge in [-0.1, -0.05) is 109 Å². The van der Waals surface area contributed by atoms with E-state index in [2.05, 4.69) is 77.8 Å². The molecule has 0 bridgehead atoms. The van der Waals surface area contributed by atoms with Crippen LogP contribution in [-0.4, -0.2) is 56.6 Å². The zero-order valence-electron chi connectivity index (χ0n) is 24.5. The number of morpholine rings is 1. The van der Waals surface area contributed by atoms with Gasteiger partial charge in [0.1, 0.15) is 0 Å². The van der Waals surface area contributed by atoms with Crippen molar-refractivity contribution in [3.63, 3.8) is 0 Å². The zero-order chi connectivity index (χ0) is 28.9. The third-order valence-electron chi connectivity index (χ3n) is 7.54. The fourth-order valence-electron chi connectivity index (χ4n) is 4.82. The summed E-state index contributed by atoms with van der Waals surface area (Å²) in [4.78, 5) is 17.5. The van der Waals surface area contributed by atoms with Gasteiger partial charge in [-0.05, 0) is 62.7 Å².